The molecule has 0 bridgehead atoms. The highest BCUT2D eigenvalue weighted by Gasteiger charge is 2.50. The Kier molecular flexibility index (Phi) is 6.63. The van der Waals surface area contributed by atoms with Crippen LogP contribution in [0.2, 0.25) is 0 Å². The molecule has 40 heavy (non-hydrogen) atoms. The lowest BCUT2D eigenvalue weighted by Crippen LogP contribution is -2.44. The molecule has 5 heterocycles. The van der Waals surface area contributed by atoms with E-state index >= 15 is 4.39 Å². The fourth-order valence-electron chi connectivity index (χ4n) is 7.90. The predicted molar refractivity (Wildman–Crippen MR) is 147 cm³/mol. The summed E-state index contributed by atoms with van der Waals surface area (Å²) in [7, 11) is 0. The van der Waals surface area contributed by atoms with Crippen molar-refractivity contribution in [3.8, 4) is 6.01 Å². The van der Waals surface area contributed by atoms with Crippen LogP contribution in [0.25, 0.3) is 0 Å². The van der Waals surface area contributed by atoms with Crippen LogP contribution >= 0.6 is 0 Å². The van der Waals surface area contributed by atoms with Crippen LogP contribution in [0.4, 0.5) is 20.3 Å². The van der Waals surface area contributed by atoms with Gasteiger partial charge in [-0.3, -0.25) is 4.90 Å². The Morgan fingerprint density at radius 1 is 1.12 bits per heavy atom. The van der Waals surface area contributed by atoms with Crippen molar-refractivity contribution in [3.63, 3.8) is 0 Å². The zero-order valence-electron chi connectivity index (χ0n) is 23.3. The molecule has 1 spiro atoms. The maximum atomic E-state index is 15.7. The Bertz CT molecular complexity index is 1300. The number of aromatic nitrogens is 2. The monoisotopic (exact) mass is 555 g/mol. The number of aryl methyl sites for hydroxylation is 1. The first-order chi connectivity index (χ1) is 19.4. The molecule has 1 aromatic heterocycles. The summed E-state index contributed by atoms with van der Waals surface area (Å²) in [6, 6.07) is 2.04. The maximum Gasteiger partial charge on any atom is 0.318 e. The third-order valence-electron chi connectivity index (χ3n) is 9.83. The van der Waals surface area contributed by atoms with Crippen molar-refractivity contribution >= 4 is 11.5 Å². The first-order valence-corrected chi connectivity index (χ1v) is 14.8. The summed E-state index contributed by atoms with van der Waals surface area (Å²) in [5.74, 6) is 0.429. The Balaban J connectivity index is 1.27. The SMILES string of the molecule is Cc1cc(N)c(F)c2c1CCCC21Cc2nc(OC[C@@]34CCCN3C[C@H](F)C4)nc(N3CCCOCC3)c2CO1. The summed E-state index contributed by atoms with van der Waals surface area (Å²) in [6.45, 7) is 6.88. The number of nitrogens with zero attached hydrogens (tertiary/aromatic N) is 4. The zero-order valence-corrected chi connectivity index (χ0v) is 23.3. The molecule has 4 aliphatic heterocycles. The van der Waals surface area contributed by atoms with Crippen LogP contribution in [0, 0.1) is 12.7 Å². The average molecular weight is 556 g/mol. The zero-order chi connectivity index (χ0) is 27.5. The molecule has 0 radical (unpaired) electrons. The van der Waals surface area contributed by atoms with Crippen molar-refractivity contribution in [2.75, 3.05) is 56.6 Å². The minimum Gasteiger partial charge on any atom is -0.461 e. The highest BCUT2D eigenvalue weighted by Crippen LogP contribution is 2.49. The second-order valence-electron chi connectivity index (χ2n) is 12.3. The van der Waals surface area contributed by atoms with Crippen molar-refractivity contribution in [2.24, 2.45) is 0 Å². The number of hydrogen-bond acceptors (Lipinski definition) is 8. The average Bonchev–Trinajstić information content (AvgIpc) is 3.31. The third kappa shape index (κ3) is 4.34. The number of anilines is 2. The van der Waals surface area contributed by atoms with Crippen LogP contribution in [0.3, 0.4) is 0 Å². The van der Waals surface area contributed by atoms with Crippen molar-refractivity contribution < 1.29 is 23.0 Å². The number of ether oxygens (including phenoxy) is 3. The van der Waals surface area contributed by atoms with Crippen LogP contribution in [-0.2, 0) is 34.5 Å². The molecule has 3 saturated heterocycles. The van der Waals surface area contributed by atoms with Crippen molar-refractivity contribution in [1.82, 2.24) is 14.9 Å². The van der Waals surface area contributed by atoms with Gasteiger partial charge in [-0.15, -0.1) is 0 Å². The molecule has 10 heteroatoms. The van der Waals surface area contributed by atoms with E-state index in [4.69, 9.17) is 29.9 Å². The summed E-state index contributed by atoms with van der Waals surface area (Å²) in [5.41, 5.74) is 9.51. The number of rotatable bonds is 4. The van der Waals surface area contributed by atoms with E-state index in [1.54, 1.807) is 6.07 Å². The van der Waals surface area contributed by atoms with Crippen molar-refractivity contribution in [1.29, 1.82) is 0 Å². The van der Waals surface area contributed by atoms with Crippen molar-refractivity contribution in [3.05, 3.63) is 39.8 Å². The van der Waals surface area contributed by atoms with E-state index < -0.39 is 11.8 Å². The summed E-state index contributed by atoms with van der Waals surface area (Å²) < 4.78 is 48.8. The highest BCUT2D eigenvalue weighted by atomic mass is 19.1. The molecule has 7 rings (SSSR count). The topological polar surface area (TPSA) is 86.0 Å². The van der Waals surface area contributed by atoms with E-state index in [1.807, 2.05) is 6.92 Å². The Morgan fingerprint density at radius 3 is 2.92 bits per heavy atom. The van der Waals surface area contributed by atoms with Crippen LogP contribution in [0.15, 0.2) is 6.07 Å². The molecule has 0 saturated carbocycles. The molecule has 3 fully saturated rings. The molecule has 216 valence electrons. The van der Waals surface area contributed by atoms with E-state index in [0.29, 0.717) is 63.7 Å². The van der Waals surface area contributed by atoms with Gasteiger partial charge in [-0.05, 0) is 69.2 Å². The molecule has 8 nitrogen and oxygen atoms in total. The van der Waals surface area contributed by atoms with Crippen LogP contribution in [0.5, 0.6) is 6.01 Å². The van der Waals surface area contributed by atoms with Crippen molar-refractivity contribution in [2.45, 2.75) is 82.2 Å². The quantitative estimate of drug-likeness (QED) is 0.567. The Hall–Kier alpha value is -2.56. The fourth-order valence-corrected chi connectivity index (χ4v) is 7.90. The lowest BCUT2D eigenvalue weighted by Gasteiger charge is -2.43. The smallest absolute Gasteiger partial charge is 0.318 e. The van der Waals surface area contributed by atoms with E-state index in [9.17, 15) is 4.39 Å². The normalized spacial score (nSPS) is 30.2. The summed E-state index contributed by atoms with van der Waals surface area (Å²) >= 11 is 0. The molecule has 3 atom stereocenters. The second-order valence-corrected chi connectivity index (χ2v) is 12.3. The number of nitrogen functional groups attached to an aromatic ring is 1. The Morgan fingerprint density at radius 2 is 2.02 bits per heavy atom. The van der Waals surface area contributed by atoms with Gasteiger partial charge in [0.2, 0.25) is 0 Å². The predicted octanol–water partition coefficient (Wildman–Crippen LogP) is 3.99. The van der Waals surface area contributed by atoms with Gasteiger partial charge in [-0.2, -0.15) is 9.97 Å². The molecule has 5 aliphatic rings. The highest BCUT2D eigenvalue weighted by molar-refractivity contribution is 5.56. The van der Waals surface area contributed by atoms with E-state index in [1.165, 1.54) is 0 Å². The van der Waals surface area contributed by atoms with Gasteiger partial charge in [0.25, 0.3) is 0 Å². The van der Waals surface area contributed by atoms with Crippen LogP contribution in [-0.4, -0.2) is 72.6 Å². The minimum absolute atomic E-state index is 0.159. The minimum atomic E-state index is -0.830. The maximum absolute atomic E-state index is 15.7. The van der Waals surface area contributed by atoms with E-state index in [2.05, 4.69) is 9.80 Å². The van der Waals surface area contributed by atoms with Gasteiger partial charge in [0.05, 0.1) is 30.1 Å². The molecule has 1 unspecified atom stereocenters. The number of hydrogen-bond donors (Lipinski definition) is 1. The summed E-state index contributed by atoms with van der Waals surface area (Å²) in [5, 5.41) is 0. The fraction of sp³-hybridized carbons (Fsp3) is 0.667. The van der Waals surface area contributed by atoms with E-state index in [0.717, 1.165) is 73.4 Å². The third-order valence-corrected chi connectivity index (χ3v) is 9.83. The van der Waals surface area contributed by atoms with Gasteiger partial charge in [0.1, 0.15) is 24.2 Å². The molecule has 1 aromatic carbocycles. The van der Waals surface area contributed by atoms with Gasteiger partial charge >= 0.3 is 6.01 Å². The number of fused-ring (bicyclic) bond motifs is 4. The van der Waals surface area contributed by atoms with Crippen LogP contribution < -0.4 is 15.4 Å². The van der Waals surface area contributed by atoms with Gasteiger partial charge in [0.15, 0.2) is 5.82 Å². The number of halogens is 2. The molecular formula is C30H39F2N5O3. The van der Waals surface area contributed by atoms with Crippen LogP contribution in [0.1, 0.15) is 66.5 Å². The molecular weight excluding hydrogens is 516 g/mol. The first-order valence-electron chi connectivity index (χ1n) is 14.8. The molecule has 1 aliphatic carbocycles. The lowest BCUT2D eigenvalue weighted by molar-refractivity contribution is -0.0877. The molecule has 0 amide bonds. The number of benzene rings is 1. The van der Waals surface area contributed by atoms with Gasteiger partial charge < -0.3 is 24.8 Å². The molecule has 2 N–H and O–H groups in total. The summed E-state index contributed by atoms with van der Waals surface area (Å²) in [6.07, 6.45) is 5.36. The largest absolute Gasteiger partial charge is 0.461 e. The Labute approximate surface area is 234 Å². The van der Waals surface area contributed by atoms with Gasteiger partial charge in [-0.25, -0.2) is 8.78 Å². The first kappa shape index (κ1) is 26.3. The number of alkyl halides is 1. The standard InChI is InChI=1S/C30H39F2N5O3/c1-19-13-23(33)26(32)25-21(19)5-2-7-30(25)15-24-22(17-40-30)27(36-8-4-11-38-12-10-36)35-28(34-24)39-18-29-6-3-9-37(29)16-20(31)14-29/h13,20H,2-12,14-18,33H2,1H3/t20-,29+,30?/m1/s1. The summed E-state index contributed by atoms with van der Waals surface area (Å²) in [4.78, 5) is 14.3. The second kappa shape index (κ2) is 10.1. The van der Waals surface area contributed by atoms with Gasteiger partial charge in [0, 0.05) is 50.2 Å². The van der Waals surface area contributed by atoms with Gasteiger partial charge in [-0.1, -0.05) is 0 Å². The lowest BCUT2D eigenvalue weighted by atomic mass is 9.73. The number of nitrogens with two attached hydrogens (primary N) is 1. The van der Waals surface area contributed by atoms with E-state index in [-0.39, 0.29) is 23.7 Å². The molecule has 2 aromatic rings.